The Morgan fingerprint density at radius 2 is 2.25 bits per heavy atom. The lowest BCUT2D eigenvalue weighted by Crippen LogP contribution is -2.00. The van der Waals surface area contributed by atoms with Crippen LogP contribution in [0.25, 0.3) is 11.9 Å². The van der Waals surface area contributed by atoms with Crippen LogP contribution in [-0.2, 0) is 4.79 Å². The molecule has 2 aromatic rings. The van der Waals surface area contributed by atoms with Gasteiger partial charge in [0, 0.05) is 30.2 Å². The first kappa shape index (κ1) is 10.1. The molecule has 0 aliphatic heterocycles. The van der Waals surface area contributed by atoms with Crippen LogP contribution in [-0.4, -0.2) is 25.8 Å². The van der Waals surface area contributed by atoms with E-state index < -0.39 is 5.97 Å². The summed E-state index contributed by atoms with van der Waals surface area (Å²) in [5.41, 5.74) is 0.702. The molecule has 0 aromatic carbocycles. The zero-order valence-corrected chi connectivity index (χ0v) is 8.32. The minimum Gasteiger partial charge on any atom is -0.478 e. The van der Waals surface area contributed by atoms with Crippen molar-refractivity contribution in [2.75, 3.05) is 0 Å². The summed E-state index contributed by atoms with van der Waals surface area (Å²) in [5.74, 6) is -0.389. The van der Waals surface area contributed by atoms with E-state index in [1.54, 1.807) is 41.5 Å². The topological polar surface area (TPSA) is 68.0 Å². The van der Waals surface area contributed by atoms with Crippen LogP contribution in [0.5, 0.6) is 0 Å². The summed E-state index contributed by atoms with van der Waals surface area (Å²) < 4.78 is 1.58. The van der Waals surface area contributed by atoms with Crippen molar-refractivity contribution in [3.8, 4) is 5.82 Å². The Hall–Kier alpha value is -2.43. The molecule has 0 atom stereocenters. The van der Waals surface area contributed by atoms with Crippen LogP contribution in [0.2, 0.25) is 0 Å². The molecule has 5 nitrogen and oxygen atoms in total. The molecule has 0 radical (unpaired) electrons. The summed E-state index contributed by atoms with van der Waals surface area (Å²) in [6.45, 7) is 0. The fourth-order valence-corrected chi connectivity index (χ4v) is 1.29. The zero-order valence-electron chi connectivity index (χ0n) is 8.32. The second-order valence-corrected chi connectivity index (χ2v) is 3.04. The van der Waals surface area contributed by atoms with Gasteiger partial charge in [0.2, 0.25) is 0 Å². The van der Waals surface area contributed by atoms with Crippen molar-refractivity contribution >= 4 is 12.0 Å². The normalized spacial score (nSPS) is 10.8. The number of carboxylic acids is 1. The average molecular weight is 215 g/mol. The molecule has 2 aromatic heterocycles. The van der Waals surface area contributed by atoms with E-state index in [0.29, 0.717) is 11.4 Å². The number of pyridine rings is 1. The third-order valence-corrected chi connectivity index (χ3v) is 1.94. The molecule has 0 saturated carbocycles. The van der Waals surface area contributed by atoms with Crippen molar-refractivity contribution in [3.63, 3.8) is 0 Å². The first-order chi connectivity index (χ1) is 7.77. The van der Waals surface area contributed by atoms with Crippen LogP contribution in [0.4, 0.5) is 0 Å². The maximum atomic E-state index is 10.4. The molecule has 0 aliphatic carbocycles. The molecule has 0 aliphatic rings. The number of hydrogen-bond donors (Lipinski definition) is 1. The highest BCUT2D eigenvalue weighted by Crippen LogP contribution is 2.11. The number of nitrogens with zero attached hydrogens (tertiary/aromatic N) is 3. The molecule has 0 bridgehead atoms. The van der Waals surface area contributed by atoms with Crippen molar-refractivity contribution < 1.29 is 9.90 Å². The Bertz CT molecular complexity index is 518. The Morgan fingerprint density at radius 1 is 1.38 bits per heavy atom. The molecular formula is C11H9N3O2. The highest BCUT2D eigenvalue weighted by molar-refractivity contribution is 5.85. The average Bonchev–Trinajstić information content (AvgIpc) is 2.80. The third kappa shape index (κ3) is 2.14. The van der Waals surface area contributed by atoms with E-state index in [9.17, 15) is 4.79 Å². The van der Waals surface area contributed by atoms with Crippen molar-refractivity contribution in [2.45, 2.75) is 0 Å². The monoisotopic (exact) mass is 215 g/mol. The van der Waals surface area contributed by atoms with Crippen LogP contribution in [0.15, 0.2) is 42.9 Å². The highest BCUT2D eigenvalue weighted by atomic mass is 16.4. The second-order valence-electron chi connectivity index (χ2n) is 3.04. The van der Waals surface area contributed by atoms with Gasteiger partial charge in [0.25, 0.3) is 0 Å². The lowest BCUT2D eigenvalue weighted by atomic mass is 10.2. The van der Waals surface area contributed by atoms with Gasteiger partial charge < -0.3 is 5.11 Å². The molecule has 1 N–H and O–H groups in total. The number of aliphatic carboxylic acids is 1. The quantitative estimate of drug-likeness (QED) is 0.785. The Kier molecular flexibility index (Phi) is 2.77. The number of carboxylic acid groups (broad SMARTS) is 1. The van der Waals surface area contributed by atoms with Crippen LogP contribution >= 0.6 is 0 Å². The molecular weight excluding hydrogens is 206 g/mol. The van der Waals surface area contributed by atoms with Gasteiger partial charge in [0.05, 0.1) is 0 Å². The molecule has 0 spiro atoms. The smallest absolute Gasteiger partial charge is 0.328 e. The standard InChI is InChI=1S/C11H9N3O2/c15-10(16)5-4-9-3-1-6-12-11(9)14-8-2-7-13-14/h1-8H,(H,15,16)/b5-4+. The lowest BCUT2D eigenvalue weighted by molar-refractivity contribution is -0.131. The molecule has 0 unspecified atom stereocenters. The highest BCUT2D eigenvalue weighted by Gasteiger charge is 2.02. The first-order valence-corrected chi connectivity index (χ1v) is 4.63. The van der Waals surface area contributed by atoms with Gasteiger partial charge in [-0.25, -0.2) is 14.5 Å². The van der Waals surface area contributed by atoms with Crippen LogP contribution < -0.4 is 0 Å². The third-order valence-electron chi connectivity index (χ3n) is 1.94. The minimum absolute atomic E-state index is 0.602. The second kappa shape index (κ2) is 4.39. The van der Waals surface area contributed by atoms with Gasteiger partial charge in [0.15, 0.2) is 5.82 Å². The van der Waals surface area contributed by atoms with Gasteiger partial charge in [-0.05, 0) is 24.3 Å². The maximum absolute atomic E-state index is 10.4. The SMILES string of the molecule is O=C(O)/C=C/c1cccnc1-n1cccn1. The van der Waals surface area contributed by atoms with Crippen LogP contribution in [0.3, 0.4) is 0 Å². The number of carbonyl (C=O) groups is 1. The molecule has 16 heavy (non-hydrogen) atoms. The van der Waals surface area contributed by atoms with Crippen LogP contribution in [0.1, 0.15) is 5.56 Å². The van der Waals surface area contributed by atoms with Gasteiger partial charge in [-0.1, -0.05) is 0 Å². The molecule has 2 heterocycles. The van der Waals surface area contributed by atoms with Crippen LogP contribution in [0, 0.1) is 0 Å². The van der Waals surface area contributed by atoms with Crippen molar-refractivity contribution in [2.24, 2.45) is 0 Å². The Labute approximate surface area is 91.7 Å². The maximum Gasteiger partial charge on any atom is 0.328 e. The van der Waals surface area contributed by atoms with E-state index in [-0.39, 0.29) is 0 Å². The Morgan fingerprint density at radius 3 is 2.94 bits per heavy atom. The Balaban J connectivity index is 2.42. The van der Waals surface area contributed by atoms with Crippen molar-refractivity contribution in [3.05, 3.63) is 48.4 Å². The van der Waals surface area contributed by atoms with E-state index in [2.05, 4.69) is 10.1 Å². The summed E-state index contributed by atoms with van der Waals surface area (Å²) >= 11 is 0. The van der Waals surface area contributed by atoms with Gasteiger partial charge in [-0.15, -0.1) is 0 Å². The van der Waals surface area contributed by atoms with Gasteiger partial charge >= 0.3 is 5.97 Å². The molecule has 5 heteroatoms. The molecule has 0 amide bonds. The first-order valence-electron chi connectivity index (χ1n) is 4.63. The molecule has 2 rings (SSSR count). The van der Waals surface area contributed by atoms with E-state index in [1.807, 2.05) is 0 Å². The van der Waals surface area contributed by atoms with E-state index in [4.69, 9.17) is 5.11 Å². The molecule has 80 valence electrons. The largest absolute Gasteiger partial charge is 0.478 e. The van der Waals surface area contributed by atoms with Gasteiger partial charge in [-0.2, -0.15) is 5.10 Å². The van der Waals surface area contributed by atoms with Crippen molar-refractivity contribution in [1.82, 2.24) is 14.8 Å². The summed E-state index contributed by atoms with van der Waals surface area (Å²) in [5, 5.41) is 12.6. The van der Waals surface area contributed by atoms with E-state index in [0.717, 1.165) is 6.08 Å². The number of aromatic nitrogens is 3. The molecule has 0 saturated heterocycles. The predicted molar refractivity (Wildman–Crippen MR) is 58.0 cm³/mol. The van der Waals surface area contributed by atoms with E-state index in [1.165, 1.54) is 6.08 Å². The van der Waals surface area contributed by atoms with Crippen molar-refractivity contribution in [1.29, 1.82) is 0 Å². The summed E-state index contributed by atoms with van der Waals surface area (Å²) in [4.78, 5) is 14.6. The lowest BCUT2D eigenvalue weighted by Gasteiger charge is -2.03. The molecule has 0 fully saturated rings. The fourth-order valence-electron chi connectivity index (χ4n) is 1.29. The van der Waals surface area contributed by atoms with Gasteiger partial charge in [-0.3, -0.25) is 0 Å². The predicted octanol–water partition coefficient (Wildman–Crippen LogP) is 1.37. The zero-order chi connectivity index (χ0) is 11.4. The van der Waals surface area contributed by atoms with Gasteiger partial charge in [0.1, 0.15) is 0 Å². The fraction of sp³-hybridized carbons (Fsp3) is 0. The summed E-state index contributed by atoms with van der Waals surface area (Å²) in [6, 6.07) is 5.30. The summed E-state index contributed by atoms with van der Waals surface area (Å²) in [7, 11) is 0. The number of rotatable bonds is 3. The summed E-state index contributed by atoms with van der Waals surface area (Å²) in [6.07, 6.45) is 7.59. The minimum atomic E-state index is -0.990. The van der Waals surface area contributed by atoms with E-state index >= 15 is 0 Å². The number of hydrogen-bond acceptors (Lipinski definition) is 3.